The Morgan fingerprint density at radius 3 is 2.53 bits per heavy atom. The molecule has 0 saturated carbocycles. The number of benzene rings is 1. The van der Waals surface area contributed by atoms with Crippen molar-refractivity contribution in [3.8, 4) is 11.4 Å². The molecule has 3 rings (SSSR count). The summed E-state index contributed by atoms with van der Waals surface area (Å²) in [6, 6.07) is 12.0. The van der Waals surface area contributed by atoms with E-state index in [1.54, 1.807) is 0 Å². The van der Waals surface area contributed by atoms with Crippen molar-refractivity contribution in [2.24, 2.45) is 0 Å². The van der Waals surface area contributed by atoms with E-state index in [1.165, 1.54) is 0 Å². The predicted octanol–water partition coefficient (Wildman–Crippen LogP) is 3.43. The summed E-state index contributed by atoms with van der Waals surface area (Å²) >= 11 is 0. The van der Waals surface area contributed by atoms with Gasteiger partial charge in [-0.3, -0.25) is 9.20 Å². The number of imidazole rings is 1. The van der Waals surface area contributed by atoms with Crippen LogP contribution in [0.3, 0.4) is 0 Å². The maximum Gasteiger partial charge on any atom is 0.170 e. The first-order valence-electron chi connectivity index (χ1n) is 6.21. The molecule has 0 bridgehead atoms. The van der Waals surface area contributed by atoms with Crippen LogP contribution in [0.15, 0.2) is 42.6 Å². The van der Waals surface area contributed by atoms with E-state index in [0.717, 1.165) is 34.3 Å². The number of pyridine rings is 1. The summed E-state index contributed by atoms with van der Waals surface area (Å²) in [4.78, 5) is 15.7. The lowest BCUT2D eigenvalue weighted by atomic mass is 10.1. The second kappa shape index (κ2) is 4.35. The van der Waals surface area contributed by atoms with Crippen LogP contribution in [0.2, 0.25) is 0 Å². The first kappa shape index (κ1) is 11.7. The summed E-state index contributed by atoms with van der Waals surface area (Å²) in [5.74, 6) is 0.818. The van der Waals surface area contributed by atoms with Crippen LogP contribution in [0.1, 0.15) is 21.6 Å². The number of hydrogen-bond acceptors (Lipinski definition) is 2. The molecular formula is C16H14N2O. The number of rotatable bonds is 2. The molecule has 3 heteroatoms. The number of aldehydes is 1. The fraction of sp³-hybridized carbons (Fsp3) is 0.125. The molecule has 0 aliphatic heterocycles. The summed E-state index contributed by atoms with van der Waals surface area (Å²) in [7, 11) is 0. The predicted molar refractivity (Wildman–Crippen MR) is 75.5 cm³/mol. The fourth-order valence-corrected chi connectivity index (χ4v) is 2.44. The minimum atomic E-state index is 0.497. The third kappa shape index (κ3) is 1.74. The smallest absolute Gasteiger partial charge is 0.170 e. The first-order chi connectivity index (χ1) is 9.22. The Bertz CT molecular complexity index is 772. The molecule has 0 aliphatic rings. The monoisotopic (exact) mass is 250 g/mol. The average molecular weight is 250 g/mol. The lowest BCUT2D eigenvalue weighted by Gasteiger charge is -2.05. The minimum absolute atomic E-state index is 0.497. The molecule has 0 fully saturated rings. The van der Waals surface area contributed by atoms with Gasteiger partial charge >= 0.3 is 0 Å². The van der Waals surface area contributed by atoms with Crippen molar-refractivity contribution >= 4 is 11.8 Å². The number of hydrogen-bond donors (Lipinski definition) is 0. The Labute approximate surface area is 111 Å². The summed E-state index contributed by atoms with van der Waals surface area (Å²) < 4.78 is 1.99. The topological polar surface area (TPSA) is 34.4 Å². The van der Waals surface area contributed by atoms with Gasteiger partial charge in [0.05, 0.1) is 5.52 Å². The number of aromatic nitrogens is 2. The highest BCUT2D eigenvalue weighted by Gasteiger charge is 2.14. The van der Waals surface area contributed by atoms with Crippen LogP contribution in [-0.4, -0.2) is 15.7 Å². The van der Waals surface area contributed by atoms with E-state index in [-0.39, 0.29) is 0 Å². The van der Waals surface area contributed by atoms with Crippen molar-refractivity contribution in [3.05, 3.63) is 59.4 Å². The van der Waals surface area contributed by atoms with E-state index >= 15 is 0 Å². The van der Waals surface area contributed by atoms with Gasteiger partial charge in [0.25, 0.3) is 0 Å². The second-order valence-corrected chi connectivity index (χ2v) is 4.66. The zero-order chi connectivity index (χ0) is 13.4. The molecule has 1 aromatic carbocycles. The molecule has 2 heterocycles. The van der Waals surface area contributed by atoms with Gasteiger partial charge < -0.3 is 0 Å². The molecule has 2 aromatic heterocycles. The van der Waals surface area contributed by atoms with Crippen LogP contribution in [0, 0.1) is 13.8 Å². The van der Waals surface area contributed by atoms with Crippen LogP contribution < -0.4 is 0 Å². The molecule has 0 spiro atoms. The highest BCUT2D eigenvalue weighted by atomic mass is 16.1. The molecule has 0 atom stereocenters. The Morgan fingerprint density at radius 1 is 1.05 bits per heavy atom. The van der Waals surface area contributed by atoms with Gasteiger partial charge in [-0.15, -0.1) is 0 Å². The fourth-order valence-electron chi connectivity index (χ4n) is 2.44. The summed E-state index contributed by atoms with van der Waals surface area (Å²) in [6.07, 6.45) is 2.77. The summed E-state index contributed by atoms with van der Waals surface area (Å²) in [5.41, 5.74) is 4.63. The molecular weight excluding hydrogens is 236 g/mol. The summed E-state index contributed by atoms with van der Waals surface area (Å²) in [6.45, 7) is 4.04. The lowest BCUT2D eigenvalue weighted by Crippen LogP contribution is -1.92. The number of carbonyl (C=O) groups excluding carboxylic acids is 1. The van der Waals surface area contributed by atoms with Gasteiger partial charge in [0.15, 0.2) is 6.29 Å². The van der Waals surface area contributed by atoms with Crippen LogP contribution in [0.4, 0.5) is 0 Å². The van der Waals surface area contributed by atoms with Gasteiger partial charge in [0.2, 0.25) is 0 Å². The number of aryl methyl sites for hydroxylation is 2. The number of nitrogens with zero attached hydrogens (tertiary/aromatic N) is 2. The van der Waals surface area contributed by atoms with Crippen LogP contribution in [0.25, 0.3) is 16.9 Å². The largest absolute Gasteiger partial charge is 0.299 e. The van der Waals surface area contributed by atoms with E-state index in [4.69, 9.17) is 0 Å². The molecule has 0 saturated heterocycles. The summed E-state index contributed by atoms with van der Waals surface area (Å²) in [5, 5.41) is 0. The van der Waals surface area contributed by atoms with Gasteiger partial charge in [-0.2, -0.15) is 0 Å². The molecule has 0 amide bonds. The zero-order valence-electron chi connectivity index (χ0n) is 10.9. The van der Waals surface area contributed by atoms with Crippen LogP contribution >= 0.6 is 0 Å². The molecule has 3 aromatic rings. The Kier molecular flexibility index (Phi) is 2.67. The molecule has 0 N–H and O–H groups in total. The zero-order valence-corrected chi connectivity index (χ0v) is 10.9. The quantitative estimate of drug-likeness (QED) is 0.653. The second-order valence-electron chi connectivity index (χ2n) is 4.66. The molecule has 3 nitrogen and oxygen atoms in total. The third-order valence-corrected chi connectivity index (χ3v) is 3.39. The Hall–Kier alpha value is -2.42. The maximum atomic E-state index is 11.2. The van der Waals surface area contributed by atoms with Crippen molar-refractivity contribution < 1.29 is 4.79 Å². The van der Waals surface area contributed by atoms with Crippen molar-refractivity contribution in [2.75, 3.05) is 0 Å². The normalized spacial score (nSPS) is 10.8. The Morgan fingerprint density at radius 2 is 1.79 bits per heavy atom. The average Bonchev–Trinajstić information content (AvgIpc) is 2.79. The number of carbonyl (C=O) groups is 1. The number of fused-ring (bicyclic) bond motifs is 1. The standard InChI is InChI=1S/C16H14N2O/c1-11-6-3-4-8-13(11)16-17-14(10-19)15-12(2)7-5-9-18(15)16/h3-10H,1-2H3. The van der Waals surface area contributed by atoms with Gasteiger partial charge in [0, 0.05) is 11.8 Å². The van der Waals surface area contributed by atoms with Crippen molar-refractivity contribution in [2.45, 2.75) is 13.8 Å². The highest BCUT2D eigenvalue weighted by Crippen LogP contribution is 2.26. The van der Waals surface area contributed by atoms with E-state index in [9.17, 15) is 4.79 Å². The molecule has 0 radical (unpaired) electrons. The van der Waals surface area contributed by atoms with E-state index in [0.29, 0.717) is 5.69 Å². The molecule has 19 heavy (non-hydrogen) atoms. The molecule has 0 aliphatic carbocycles. The van der Waals surface area contributed by atoms with E-state index < -0.39 is 0 Å². The van der Waals surface area contributed by atoms with Gasteiger partial charge in [-0.25, -0.2) is 4.98 Å². The van der Waals surface area contributed by atoms with Gasteiger partial charge in [-0.05, 0) is 31.0 Å². The lowest BCUT2D eigenvalue weighted by molar-refractivity contribution is 0.112. The minimum Gasteiger partial charge on any atom is -0.299 e. The van der Waals surface area contributed by atoms with Gasteiger partial charge in [-0.1, -0.05) is 30.3 Å². The van der Waals surface area contributed by atoms with Crippen molar-refractivity contribution in [1.82, 2.24) is 9.38 Å². The molecule has 94 valence electrons. The van der Waals surface area contributed by atoms with Crippen LogP contribution in [-0.2, 0) is 0 Å². The highest BCUT2D eigenvalue weighted by molar-refractivity contribution is 5.87. The van der Waals surface area contributed by atoms with Crippen molar-refractivity contribution in [3.63, 3.8) is 0 Å². The third-order valence-electron chi connectivity index (χ3n) is 3.39. The van der Waals surface area contributed by atoms with Crippen LogP contribution in [0.5, 0.6) is 0 Å². The Balaban J connectivity index is 2.41. The van der Waals surface area contributed by atoms with E-state index in [1.807, 2.05) is 60.8 Å². The molecule has 0 unspecified atom stereocenters. The maximum absolute atomic E-state index is 11.2. The first-order valence-corrected chi connectivity index (χ1v) is 6.21. The van der Waals surface area contributed by atoms with Crippen molar-refractivity contribution in [1.29, 1.82) is 0 Å². The SMILES string of the molecule is Cc1ccccc1-c1nc(C=O)c2c(C)cccn12. The van der Waals surface area contributed by atoms with Gasteiger partial charge in [0.1, 0.15) is 11.5 Å². The van der Waals surface area contributed by atoms with E-state index in [2.05, 4.69) is 4.98 Å².